The standard InChI is InChI=1S/C16H18N2O/c19-16(7-10-18-9-2-5-15(16)18)14-4-1-3-12-6-8-17-11-13(12)14/h1,3-4,6,8,11,15,19H,2,5,7,9-10H2. The van der Waals surface area contributed by atoms with Crippen molar-refractivity contribution < 1.29 is 5.11 Å². The fraction of sp³-hybridized carbons (Fsp3) is 0.438. The highest BCUT2D eigenvalue weighted by Gasteiger charge is 2.49. The molecule has 3 heterocycles. The Hall–Kier alpha value is -1.45. The Morgan fingerprint density at radius 1 is 1.26 bits per heavy atom. The lowest BCUT2D eigenvalue weighted by Crippen LogP contribution is -2.38. The summed E-state index contributed by atoms with van der Waals surface area (Å²) in [6.07, 6.45) is 6.85. The molecule has 3 nitrogen and oxygen atoms in total. The van der Waals surface area contributed by atoms with Crippen molar-refractivity contribution >= 4 is 10.8 Å². The van der Waals surface area contributed by atoms with Crippen LogP contribution < -0.4 is 0 Å². The smallest absolute Gasteiger partial charge is 0.107 e. The summed E-state index contributed by atoms with van der Waals surface area (Å²) in [7, 11) is 0. The second kappa shape index (κ2) is 4.02. The van der Waals surface area contributed by atoms with Gasteiger partial charge in [-0.1, -0.05) is 18.2 Å². The second-order valence-corrected chi connectivity index (χ2v) is 5.77. The first-order valence-corrected chi connectivity index (χ1v) is 7.09. The minimum Gasteiger partial charge on any atom is -0.383 e. The van der Waals surface area contributed by atoms with Crippen LogP contribution in [0.3, 0.4) is 0 Å². The van der Waals surface area contributed by atoms with Crippen molar-refractivity contribution in [2.75, 3.05) is 13.1 Å². The fourth-order valence-electron chi connectivity index (χ4n) is 3.92. The summed E-state index contributed by atoms with van der Waals surface area (Å²) in [4.78, 5) is 6.68. The van der Waals surface area contributed by atoms with Crippen molar-refractivity contribution in [2.24, 2.45) is 0 Å². The van der Waals surface area contributed by atoms with Gasteiger partial charge in [0.1, 0.15) is 5.60 Å². The zero-order chi connectivity index (χ0) is 12.9. The van der Waals surface area contributed by atoms with Gasteiger partial charge in [0.15, 0.2) is 0 Å². The van der Waals surface area contributed by atoms with Crippen LogP contribution in [0, 0.1) is 0 Å². The molecule has 2 unspecified atom stereocenters. The van der Waals surface area contributed by atoms with Crippen LogP contribution in [0.2, 0.25) is 0 Å². The number of rotatable bonds is 1. The molecule has 0 saturated carbocycles. The quantitative estimate of drug-likeness (QED) is 0.848. The summed E-state index contributed by atoms with van der Waals surface area (Å²) >= 11 is 0. The van der Waals surface area contributed by atoms with Crippen LogP contribution in [0.4, 0.5) is 0 Å². The SMILES string of the molecule is OC1(c2cccc3ccncc23)CCN2CCCC21. The van der Waals surface area contributed by atoms with Gasteiger partial charge in [0, 0.05) is 30.4 Å². The maximum Gasteiger partial charge on any atom is 0.107 e. The summed E-state index contributed by atoms with van der Waals surface area (Å²) in [5.74, 6) is 0. The van der Waals surface area contributed by atoms with E-state index in [1.165, 1.54) is 6.42 Å². The molecular weight excluding hydrogens is 236 g/mol. The molecule has 3 heteroatoms. The lowest BCUT2D eigenvalue weighted by Gasteiger charge is -2.31. The number of hydrogen-bond donors (Lipinski definition) is 1. The molecular formula is C16H18N2O. The largest absolute Gasteiger partial charge is 0.383 e. The number of pyridine rings is 1. The van der Waals surface area contributed by atoms with Crippen LogP contribution in [0.25, 0.3) is 10.8 Å². The zero-order valence-electron chi connectivity index (χ0n) is 10.9. The van der Waals surface area contributed by atoms with Crippen LogP contribution in [-0.4, -0.2) is 34.1 Å². The first-order chi connectivity index (χ1) is 9.29. The van der Waals surface area contributed by atoms with Gasteiger partial charge in [-0.3, -0.25) is 9.88 Å². The molecule has 2 aliphatic heterocycles. The van der Waals surface area contributed by atoms with Crippen LogP contribution in [-0.2, 0) is 5.60 Å². The Morgan fingerprint density at radius 3 is 3.16 bits per heavy atom. The molecule has 1 N–H and O–H groups in total. The molecule has 2 fully saturated rings. The van der Waals surface area contributed by atoms with E-state index in [1.54, 1.807) is 0 Å². The van der Waals surface area contributed by atoms with Gasteiger partial charge in [0.05, 0.1) is 0 Å². The van der Waals surface area contributed by atoms with Crippen LogP contribution in [0.5, 0.6) is 0 Å². The topological polar surface area (TPSA) is 36.4 Å². The van der Waals surface area contributed by atoms with Gasteiger partial charge >= 0.3 is 0 Å². The minimum absolute atomic E-state index is 0.290. The van der Waals surface area contributed by atoms with Crippen molar-refractivity contribution in [3.05, 3.63) is 42.2 Å². The predicted octanol–water partition coefficient (Wildman–Crippen LogP) is 2.29. The summed E-state index contributed by atoms with van der Waals surface area (Å²) in [5, 5.41) is 13.5. The minimum atomic E-state index is -0.695. The Balaban J connectivity index is 1.90. The average Bonchev–Trinajstić information content (AvgIpc) is 3.03. The Morgan fingerprint density at radius 2 is 2.21 bits per heavy atom. The molecule has 0 aliphatic carbocycles. The van der Waals surface area contributed by atoms with Gasteiger partial charge in [-0.05, 0) is 42.8 Å². The molecule has 2 atom stereocenters. The van der Waals surface area contributed by atoms with Crippen LogP contribution in [0.15, 0.2) is 36.7 Å². The highest BCUT2D eigenvalue weighted by Crippen LogP contribution is 2.44. The number of fused-ring (bicyclic) bond motifs is 2. The molecule has 0 radical (unpaired) electrons. The lowest BCUT2D eigenvalue weighted by atomic mass is 9.83. The monoisotopic (exact) mass is 254 g/mol. The third-order valence-corrected chi connectivity index (χ3v) is 4.85. The van der Waals surface area contributed by atoms with Crippen molar-refractivity contribution in [1.82, 2.24) is 9.88 Å². The van der Waals surface area contributed by atoms with E-state index in [9.17, 15) is 5.11 Å². The average molecular weight is 254 g/mol. The van der Waals surface area contributed by atoms with E-state index in [1.807, 2.05) is 24.5 Å². The van der Waals surface area contributed by atoms with Gasteiger partial charge in [-0.2, -0.15) is 0 Å². The van der Waals surface area contributed by atoms with E-state index in [0.717, 1.165) is 42.3 Å². The summed E-state index contributed by atoms with van der Waals surface area (Å²) in [6, 6.07) is 8.52. The van der Waals surface area contributed by atoms with E-state index in [-0.39, 0.29) is 0 Å². The lowest BCUT2D eigenvalue weighted by molar-refractivity contribution is 0.0108. The van der Waals surface area contributed by atoms with Gasteiger partial charge in [0.2, 0.25) is 0 Å². The van der Waals surface area contributed by atoms with Gasteiger partial charge in [-0.25, -0.2) is 0 Å². The van der Waals surface area contributed by atoms with Crippen molar-refractivity contribution in [2.45, 2.75) is 30.9 Å². The van der Waals surface area contributed by atoms with E-state index >= 15 is 0 Å². The van der Waals surface area contributed by atoms with E-state index in [0.29, 0.717) is 6.04 Å². The van der Waals surface area contributed by atoms with Crippen LogP contribution in [0.1, 0.15) is 24.8 Å². The molecule has 2 saturated heterocycles. The molecule has 19 heavy (non-hydrogen) atoms. The molecule has 2 aliphatic rings. The Labute approximate surface area is 112 Å². The van der Waals surface area contributed by atoms with Gasteiger partial charge in [0.25, 0.3) is 0 Å². The molecule has 1 aromatic heterocycles. The highest BCUT2D eigenvalue weighted by atomic mass is 16.3. The summed E-state index contributed by atoms with van der Waals surface area (Å²) in [6.45, 7) is 2.15. The first-order valence-electron chi connectivity index (χ1n) is 7.09. The number of aliphatic hydroxyl groups is 1. The van der Waals surface area contributed by atoms with Crippen molar-refractivity contribution in [3.63, 3.8) is 0 Å². The fourth-order valence-corrected chi connectivity index (χ4v) is 3.92. The maximum atomic E-state index is 11.3. The first kappa shape index (κ1) is 11.4. The Bertz CT molecular complexity index is 622. The molecule has 4 rings (SSSR count). The summed E-state index contributed by atoms with van der Waals surface area (Å²) < 4.78 is 0. The second-order valence-electron chi connectivity index (χ2n) is 5.77. The zero-order valence-corrected chi connectivity index (χ0v) is 10.9. The van der Waals surface area contributed by atoms with E-state index in [4.69, 9.17) is 0 Å². The highest BCUT2D eigenvalue weighted by molar-refractivity contribution is 5.85. The van der Waals surface area contributed by atoms with Gasteiger partial charge in [-0.15, -0.1) is 0 Å². The number of nitrogens with zero attached hydrogens (tertiary/aromatic N) is 2. The van der Waals surface area contributed by atoms with Crippen LogP contribution >= 0.6 is 0 Å². The van der Waals surface area contributed by atoms with Gasteiger partial charge < -0.3 is 5.11 Å². The Kier molecular flexibility index (Phi) is 2.41. The summed E-state index contributed by atoms with van der Waals surface area (Å²) in [5.41, 5.74) is 0.367. The molecule has 0 amide bonds. The normalized spacial score (nSPS) is 30.9. The van der Waals surface area contributed by atoms with E-state index in [2.05, 4.69) is 22.0 Å². The number of benzene rings is 1. The molecule has 98 valence electrons. The number of hydrogen-bond acceptors (Lipinski definition) is 3. The van der Waals surface area contributed by atoms with E-state index < -0.39 is 5.60 Å². The van der Waals surface area contributed by atoms with Crippen molar-refractivity contribution in [1.29, 1.82) is 0 Å². The molecule has 2 aromatic rings. The van der Waals surface area contributed by atoms with Crippen molar-refractivity contribution in [3.8, 4) is 0 Å². The number of aromatic nitrogens is 1. The maximum absolute atomic E-state index is 11.3. The molecule has 0 spiro atoms. The predicted molar refractivity (Wildman–Crippen MR) is 74.9 cm³/mol. The molecule has 1 aromatic carbocycles. The molecule has 0 bridgehead atoms. The third kappa shape index (κ3) is 1.55. The third-order valence-electron chi connectivity index (χ3n) is 4.85.